The molecular weight excluding hydrogens is 233 g/mol. The second-order valence-corrected chi connectivity index (χ2v) is 3.00. The Morgan fingerprint density at radius 1 is 1.40 bits per heavy atom. The van der Waals surface area contributed by atoms with Crippen LogP contribution in [-0.2, 0) is 28.9 Å². The van der Waals surface area contributed by atoms with Crippen molar-refractivity contribution >= 4 is 24.6 Å². The number of carbonyl (C=O) groups is 1. The van der Waals surface area contributed by atoms with Gasteiger partial charge in [-0.2, -0.15) is 11.8 Å². The first-order valence-electron chi connectivity index (χ1n) is 1.43. The van der Waals surface area contributed by atoms with Crippen molar-refractivity contribution in [3.63, 3.8) is 0 Å². The minimum atomic E-state index is -4.56. The molecule has 0 unspecified atom stereocenters. The van der Waals surface area contributed by atoms with Crippen molar-refractivity contribution in [2.24, 2.45) is 5.73 Å². The average Bonchev–Trinajstić information content (AvgIpc) is 1.19. The Bertz CT molecular complexity index is 121. The van der Waals surface area contributed by atoms with Crippen molar-refractivity contribution in [2.45, 2.75) is 0 Å². The molecule has 0 fully saturated rings. The van der Waals surface area contributed by atoms with Crippen LogP contribution in [-0.4, -0.2) is 6.09 Å². The first-order chi connectivity index (χ1) is 3.73. The van der Waals surface area contributed by atoms with E-state index in [0.29, 0.717) is 0 Å². The van der Waals surface area contributed by atoms with E-state index in [1.807, 2.05) is 0 Å². The molecule has 0 bridgehead atoms. The molecule has 1 radical (unpaired) electrons. The molecule has 67 valence electrons. The smallest absolute Gasteiger partial charge is 0.131 e. The summed E-state index contributed by atoms with van der Waals surface area (Å²) < 4.78 is 0. The number of rotatable bonds is 0. The van der Waals surface area contributed by atoms with E-state index in [0.717, 1.165) is 0 Å². The summed E-state index contributed by atoms with van der Waals surface area (Å²) in [7, 11) is 0. The largest absolute Gasteiger partial charge is 0.844 e. The van der Waals surface area contributed by atoms with Gasteiger partial charge in [0.05, 0.1) is 0 Å². The van der Waals surface area contributed by atoms with Crippen molar-refractivity contribution in [1.29, 1.82) is 0 Å². The zero-order chi connectivity index (χ0) is 8.08. The standard InChI is InChI=1S/CH3NO2.Cu.H3O3PS/c2-1(3)4;;1-4(2,3)5/h2H2,(H,3,4);;(H3,1,2,3,5)/p-4. The van der Waals surface area contributed by atoms with Crippen molar-refractivity contribution in [2.75, 3.05) is 0 Å². The predicted molar refractivity (Wildman–Crippen MR) is 23.9 cm³/mol. The number of primary amides is 1. The summed E-state index contributed by atoms with van der Waals surface area (Å²) in [5, 5.41) is 8.67. The van der Waals surface area contributed by atoms with E-state index in [-0.39, 0.29) is 17.1 Å². The van der Waals surface area contributed by atoms with Gasteiger partial charge in [-0.25, -0.2) is 0 Å². The third-order valence-electron chi connectivity index (χ3n) is 0. The van der Waals surface area contributed by atoms with Crippen LogP contribution in [0.15, 0.2) is 0 Å². The molecule has 0 rings (SSSR count). The molecule has 0 aliphatic rings. The summed E-state index contributed by atoms with van der Waals surface area (Å²) >= 11 is 3.27. The van der Waals surface area contributed by atoms with Gasteiger partial charge >= 0.3 is 0 Å². The maximum Gasteiger partial charge on any atom is 0.131 e. The van der Waals surface area contributed by atoms with Gasteiger partial charge in [0.15, 0.2) is 0 Å². The summed E-state index contributed by atoms with van der Waals surface area (Å²) in [5.74, 6) is 0. The van der Waals surface area contributed by atoms with E-state index in [9.17, 15) is 0 Å². The predicted octanol–water partition coefficient (Wildman–Crippen LogP) is -4.42. The van der Waals surface area contributed by atoms with E-state index in [1.165, 1.54) is 0 Å². The maximum atomic E-state index is 8.92. The molecule has 0 saturated carbocycles. The molecule has 0 heterocycles. The fourth-order valence-corrected chi connectivity index (χ4v) is 0. The van der Waals surface area contributed by atoms with Crippen LogP contribution in [0.1, 0.15) is 0 Å². The molecular formula is CH2CuNO5PS-4. The van der Waals surface area contributed by atoms with Crippen LogP contribution in [0, 0.1) is 0 Å². The Morgan fingerprint density at radius 2 is 1.40 bits per heavy atom. The Balaban J connectivity index is -0.0000000910. The molecule has 0 aromatic heterocycles. The number of carbonyl (C=O) groups excluding carboxylic acids is 1. The quantitative estimate of drug-likeness (QED) is 0.332. The number of hydrogen-bond acceptors (Lipinski definition) is 6. The van der Waals surface area contributed by atoms with Crippen molar-refractivity contribution in [1.82, 2.24) is 0 Å². The van der Waals surface area contributed by atoms with Crippen molar-refractivity contribution in [3.05, 3.63) is 0 Å². The average molecular weight is 235 g/mol. The first kappa shape index (κ1) is 16.7. The molecule has 1 amide bonds. The summed E-state index contributed by atoms with van der Waals surface area (Å²) in [5.41, 5.74) is 3.92. The van der Waals surface area contributed by atoms with E-state index in [4.69, 9.17) is 24.6 Å². The maximum absolute atomic E-state index is 8.92. The van der Waals surface area contributed by atoms with E-state index in [2.05, 4.69) is 17.5 Å². The number of hydrogen-bond donors (Lipinski definition) is 1. The van der Waals surface area contributed by atoms with Crippen LogP contribution in [0.2, 0.25) is 0 Å². The van der Waals surface area contributed by atoms with Crippen molar-refractivity contribution in [3.8, 4) is 0 Å². The van der Waals surface area contributed by atoms with Crippen LogP contribution in [0.25, 0.3) is 0 Å². The molecule has 10 heavy (non-hydrogen) atoms. The van der Waals surface area contributed by atoms with Crippen LogP contribution in [0.4, 0.5) is 4.79 Å². The molecule has 0 aliphatic carbocycles. The molecule has 0 aromatic rings. The van der Waals surface area contributed by atoms with Crippen LogP contribution in [0.3, 0.4) is 0 Å². The summed E-state index contributed by atoms with van der Waals surface area (Å²) in [6.45, 7) is -4.56. The van der Waals surface area contributed by atoms with Gasteiger partial charge in [-0.05, 0) is 0 Å². The van der Waals surface area contributed by atoms with Gasteiger partial charge in [-0.3, -0.25) is 0 Å². The Hall–Kier alpha value is 0.319. The summed E-state index contributed by atoms with van der Waals surface area (Å²) in [6, 6.07) is 0. The van der Waals surface area contributed by atoms with Gasteiger partial charge in [0, 0.05) is 17.1 Å². The summed E-state index contributed by atoms with van der Waals surface area (Å²) in [4.78, 5) is 35.4. The van der Waals surface area contributed by atoms with Crippen molar-refractivity contribution < 1.29 is 41.6 Å². The van der Waals surface area contributed by atoms with Gasteiger partial charge in [0.25, 0.3) is 0 Å². The fourth-order valence-electron chi connectivity index (χ4n) is 0. The zero-order valence-corrected chi connectivity index (χ0v) is 6.93. The first-order valence-corrected chi connectivity index (χ1v) is 3.98. The SMILES string of the molecule is NC(=O)[O-].[Cu].[O-]P([O-])([O-])=S. The Labute approximate surface area is 72.4 Å². The van der Waals surface area contributed by atoms with E-state index < -0.39 is 12.8 Å². The molecule has 9 heteroatoms. The third-order valence-corrected chi connectivity index (χ3v) is 0. The van der Waals surface area contributed by atoms with E-state index in [1.54, 1.807) is 0 Å². The van der Waals surface area contributed by atoms with Crippen LogP contribution in [0.5, 0.6) is 0 Å². The molecule has 0 saturated heterocycles. The molecule has 6 nitrogen and oxygen atoms in total. The molecule has 2 N–H and O–H groups in total. The number of carboxylic acid groups (broad SMARTS) is 1. The molecule has 0 atom stereocenters. The minimum Gasteiger partial charge on any atom is -0.844 e. The Kier molecular flexibility index (Phi) is 12.4. The fraction of sp³-hybridized carbons (Fsp3) is 0. The molecule has 0 spiro atoms. The third kappa shape index (κ3) is 4370. The van der Waals surface area contributed by atoms with Crippen LogP contribution < -0.4 is 25.5 Å². The second-order valence-electron chi connectivity index (χ2n) is 0.766. The normalized spacial score (nSPS) is 8.30. The van der Waals surface area contributed by atoms with Gasteiger partial charge in [-0.15, -0.1) is 0 Å². The number of amides is 1. The Morgan fingerprint density at radius 3 is 1.40 bits per heavy atom. The van der Waals surface area contributed by atoms with Gasteiger partial charge in [-0.1, -0.05) is 0 Å². The topological polar surface area (TPSA) is 135 Å². The zero-order valence-electron chi connectivity index (χ0n) is 4.28. The van der Waals surface area contributed by atoms with Gasteiger partial charge in [0.1, 0.15) is 6.09 Å². The molecule has 0 aromatic carbocycles. The number of nitrogens with two attached hydrogens (primary N) is 1. The minimum absolute atomic E-state index is 0. The van der Waals surface area contributed by atoms with Gasteiger partial charge < -0.3 is 37.0 Å². The molecule has 0 aliphatic heterocycles. The van der Waals surface area contributed by atoms with Gasteiger partial charge in [0.2, 0.25) is 0 Å². The monoisotopic (exact) mass is 234 g/mol. The summed E-state index contributed by atoms with van der Waals surface area (Å²) in [6.07, 6.45) is -1.58. The van der Waals surface area contributed by atoms with Crippen LogP contribution >= 0.6 is 6.72 Å². The second kappa shape index (κ2) is 7.43. The van der Waals surface area contributed by atoms with E-state index >= 15 is 0 Å².